The monoisotopic (exact) mass is 197 g/mol. The van der Waals surface area contributed by atoms with Crippen molar-refractivity contribution in [3.63, 3.8) is 0 Å². The number of ether oxygens (including phenoxy) is 1. The summed E-state index contributed by atoms with van der Waals surface area (Å²) in [5.41, 5.74) is 0.0665. The minimum atomic E-state index is 0.0185. The van der Waals surface area contributed by atoms with E-state index in [9.17, 15) is 4.79 Å². The van der Waals surface area contributed by atoms with Crippen LogP contribution >= 0.6 is 0 Å². The Morgan fingerprint density at radius 1 is 1.43 bits per heavy atom. The highest BCUT2D eigenvalue weighted by molar-refractivity contribution is 5.88. The van der Waals surface area contributed by atoms with Gasteiger partial charge in [0, 0.05) is 12.1 Å². The molecule has 0 aromatic heterocycles. The van der Waals surface area contributed by atoms with Crippen molar-refractivity contribution in [3.8, 4) is 0 Å². The standard InChI is InChI=1S/C11H19NO2/c1-7-5-12(11(2,3)4)9-8(13)6-14-10(7)9/h7,9-10H,5-6H2,1-4H3/t7-,9+,10+/m0/s1. The van der Waals surface area contributed by atoms with E-state index in [0.29, 0.717) is 12.5 Å². The second-order valence-electron chi connectivity index (χ2n) is 5.49. The Bertz CT molecular complexity index is 257. The van der Waals surface area contributed by atoms with E-state index in [1.165, 1.54) is 0 Å². The third-order valence-corrected chi connectivity index (χ3v) is 3.30. The molecule has 0 amide bonds. The number of rotatable bonds is 0. The lowest BCUT2D eigenvalue weighted by atomic mass is 10.0. The van der Waals surface area contributed by atoms with Crippen LogP contribution in [0.1, 0.15) is 27.7 Å². The summed E-state index contributed by atoms with van der Waals surface area (Å²) in [4.78, 5) is 14.0. The van der Waals surface area contributed by atoms with Crippen molar-refractivity contribution in [2.45, 2.75) is 45.4 Å². The molecule has 14 heavy (non-hydrogen) atoms. The molecule has 2 aliphatic heterocycles. The van der Waals surface area contributed by atoms with Gasteiger partial charge in [0.25, 0.3) is 0 Å². The van der Waals surface area contributed by atoms with Crippen molar-refractivity contribution in [3.05, 3.63) is 0 Å². The number of carbonyl (C=O) groups is 1. The van der Waals surface area contributed by atoms with E-state index < -0.39 is 0 Å². The first-order chi connectivity index (χ1) is 6.41. The van der Waals surface area contributed by atoms with Gasteiger partial charge in [-0.25, -0.2) is 0 Å². The summed E-state index contributed by atoms with van der Waals surface area (Å²) in [6.07, 6.45) is 0.140. The molecule has 3 atom stereocenters. The topological polar surface area (TPSA) is 29.5 Å². The van der Waals surface area contributed by atoms with Crippen LogP contribution in [0, 0.1) is 5.92 Å². The van der Waals surface area contributed by atoms with E-state index >= 15 is 0 Å². The molecular formula is C11H19NO2. The maximum Gasteiger partial charge on any atom is 0.178 e. The Hall–Kier alpha value is -0.410. The molecule has 2 heterocycles. The lowest BCUT2D eigenvalue weighted by molar-refractivity contribution is -0.122. The van der Waals surface area contributed by atoms with Gasteiger partial charge in [-0.15, -0.1) is 0 Å². The first-order valence-corrected chi connectivity index (χ1v) is 5.32. The molecule has 2 fully saturated rings. The normalized spacial score (nSPS) is 39.1. The fourth-order valence-electron chi connectivity index (χ4n) is 2.58. The number of carbonyl (C=O) groups excluding carboxylic acids is 1. The summed E-state index contributed by atoms with van der Waals surface area (Å²) in [5.74, 6) is 0.736. The largest absolute Gasteiger partial charge is 0.368 e. The summed E-state index contributed by atoms with van der Waals surface area (Å²) < 4.78 is 5.54. The minimum absolute atomic E-state index is 0.0185. The fraction of sp³-hybridized carbons (Fsp3) is 0.909. The second-order valence-corrected chi connectivity index (χ2v) is 5.49. The van der Waals surface area contributed by atoms with Gasteiger partial charge in [0.1, 0.15) is 6.61 Å². The average molecular weight is 197 g/mol. The van der Waals surface area contributed by atoms with Crippen molar-refractivity contribution in [2.24, 2.45) is 5.92 Å². The van der Waals surface area contributed by atoms with Gasteiger partial charge in [0.05, 0.1) is 12.1 Å². The Morgan fingerprint density at radius 2 is 2.07 bits per heavy atom. The summed E-state index contributed by atoms with van der Waals surface area (Å²) in [7, 11) is 0. The molecule has 0 unspecified atom stereocenters. The van der Waals surface area contributed by atoms with Crippen LogP contribution in [0.5, 0.6) is 0 Å². The molecule has 3 heteroatoms. The van der Waals surface area contributed by atoms with Crippen molar-refractivity contribution in [1.82, 2.24) is 4.90 Å². The molecule has 80 valence electrons. The molecule has 0 N–H and O–H groups in total. The van der Waals surface area contributed by atoms with Crippen LogP contribution < -0.4 is 0 Å². The quantitative estimate of drug-likeness (QED) is 0.582. The van der Waals surface area contributed by atoms with Gasteiger partial charge < -0.3 is 4.74 Å². The summed E-state index contributed by atoms with van der Waals surface area (Å²) in [5, 5.41) is 0. The van der Waals surface area contributed by atoms with Crippen LogP contribution in [0.4, 0.5) is 0 Å². The zero-order valence-corrected chi connectivity index (χ0v) is 9.41. The molecule has 2 rings (SSSR count). The highest BCUT2D eigenvalue weighted by atomic mass is 16.5. The van der Waals surface area contributed by atoms with E-state index in [2.05, 4.69) is 32.6 Å². The molecular weight excluding hydrogens is 178 g/mol. The van der Waals surface area contributed by atoms with E-state index in [1.54, 1.807) is 0 Å². The Morgan fingerprint density at radius 3 is 2.64 bits per heavy atom. The molecule has 0 radical (unpaired) electrons. The summed E-state index contributed by atoms with van der Waals surface area (Å²) >= 11 is 0. The number of ketones is 1. The summed E-state index contributed by atoms with van der Waals surface area (Å²) in [6, 6.07) is 0.0185. The molecule has 0 bridgehead atoms. The van der Waals surface area contributed by atoms with E-state index in [0.717, 1.165) is 6.54 Å². The first-order valence-electron chi connectivity index (χ1n) is 5.32. The van der Waals surface area contributed by atoms with Crippen LogP contribution in [0.25, 0.3) is 0 Å². The van der Waals surface area contributed by atoms with E-state index in [-0.39, 0.29) is 23.5 Å². The number of fused-ring (bicyclic) bond motifs is 1. The lowest BCUT2D eigenvalue weighted by Gasteiger charge is -2.35. The zero-order valence-electron chi connectivity index (χ0n) is 9.41. The van der Waals surface area contributed by atoms with Gasteiger partial charge in [-0.05, 0) is 26.7 Å². The van der Waals surface area contributed by atoms with Gasteiger partial charge in [-0.2, -0.15) is 0 Å². The van der Waals surface area contributed by atoms with Gasteiger partial charge in [-0.3, -0.25) is 9.69 Å². The average Bonchev–Trinajstić information content (AvgIpc) is 2.54. The van der Waals surface area contributed by atoms with Crippen LogP contribution in [0.3, 0.4) is 0 Å². The number of hydrogen-bond donors (Lipinski definition) is 0. The number of nitrogens with zero attached hydrogens (tertiary/aromatic N) is 1. The minimum Gasteiger partial charge on any atom is -0.368 e. The smallest absolute Gasteiger partial charge is 0.178 e. The number of hydrogen-bond acceptors (Lipinski definition) is 3. The van der Waals surface area contributed by atoms with Crippen molar-refractivity contribution in [2.75, 3.05) is 13.2 Å². The van der Waals surface area contributed by atoms with Crippen molar-refractivity contribution < 1.29 is 9.53 Å². The highest BCUT2D eigenvalue weighted by Crippen LogP contribution is 2.35. The molecule has 0 aromatic carbocycles. The third-order valence-electron chi connectivity index (χ3n) is 3.30. The van der Waals surface area contributed by atoms with Gasteiger partial charge >= 0.3 is 0 Å². The Balaban J connectivity index is 2.25. The van der Waals surface area contributed by atoms with Crippen LogP contribution in [-0.4, -0.2) is 41.5 Å². The predicted octanol–water partition coefficient (Wildman–Crippen LogP) is 1.07. The zero-order chi connectivity index (χ0) is 10.5. The summed E-state index contributed by atoms with van der Waals surface area (Å²) in [6.45, 7) is 9.94. The molecule has 0 aliphatic carbocycles. The molecule has 3 nitrogen and oxygen atoms in total. The van der Waals surface area contributed by atoms with Crippen LogP contribution in [0.2, 0.25) is 0 Å². The molecule has 0 saturated carbocycles. The second kappa shape index (κ2) is 3.04. The van der Waals surface area contributed by atoms with Gasteiger partial charge in [0.2, 0.25) is 0 Å². The van der Waals surface area contributed by atoms with Crippen molar-refractivity contribution in [1.29, 1.82) is 0 Å². The first kappa shape index (κ1) is 10.1. The van der Waals surface area contributed by atoms with Crippen LogP contribution in [-0.2, 0) is 9.53 Å². The molecule has 0 aromatic rings. The lowest BCUT2D eigenvalue weighted by Crippen LogP contribution is -2.48. The third kappa shape index (κ3) is 1.39. The van der Waals surface area contributed by atoms with Gasteiger partial charge in [-0.1, -0.05) is 6.92 Å². The number of Topliss-reactive ketones (excluding diaryl/α,β-unsaturated/α-hetero) is 1. The van der Waals surface area contributed by atoms with Crippen LogP contribution in [0.15, 0.2) is 0 Å². The maximum atomic E-state index is 11.7. The van der Waals surface area contributed by atoms with E-state index in [1.807, 2.05) is 0 Å². The molecule has 2 saturated heterocycles. The fourth-order valence-corrected chi connectivity index (χ4v) is 2.58. The number of likely N-dealkylation sites (tertiary alicyclic amines) is 1. The Kier molecular flexibility index (Phi) is 2.20. The van der Waals surface area contributed by atoms with Gasteiger partial charge in [0.15, 0.2) is 5.78 Å². The molecule has 0 spiro atoms. The SMILES string of the molecule is C[C@H]1CN(C(C)(C)C)[C@@H]2C(=O)CO[C@@H]21. The highest BCUT2D eigenvalue weighted by Gasteiger charge is 2.51. The maximum absolute atomic E-state index is 11.7. The van der Waals surface area contributed by atoms with E-state index in [4.69, 9.17) is 4.74 Å². The van der Waals surface area contributed by atoms with Crippen molar-refractivity contribution >= 4 is 5.78 Å². The predicted molar refractivity (Wildman–Crippen MR) is 54.2 cm³/mol. The molecule has 2 aliphatic rings. The Labute approximate surface area is 85.4 Å².